The third-order valence-electron chi connectivity index (χ3n) is 8.95. The van der Waals surface area contributed by atoms with E-state index in [0.29, 0.717) is 5.92 Å². The van der Waals surface area contributed by atoms with Gasteiger partial charge in [0, 0.05) is 0 Å². The van der Waals surface area contributed by atoms with Gasteiger partial charge in [0.05, 0.1) is 0 Å². The van der Waals surface area contributed by atoms with Crippen molar-refractivity contribution in [3.05, 3.63) is 78.4 Å². The predicted molar refractivity (Wildman–Crippen MR) is 161 cm³/mol. The highest BCUT2D eigenvalue weighted by atomic mass is 31.1. The zero-order valence-electron chi connectivity index (χ0n) is 22.2. The summed E-state index contributed by atoms with van der Waals surface area (Å²) in [5.41, 5.74) is 6.40. The Hall–Kier alpha value is -2.17. The number of hydrogen-bond donors (Lipinski definition) is 0. The largest absolute Gasteiger partial charge is 0.0683 e. The van der Waals surface area contributed by atoms with Crippen molar-refractivity contribution >= 4 is 34.8 Å². The quantitative estimate of drug-likeness (QED) is 0.243. The number of benzene rings is 4. The van der Waals surface area contributed by atoms with Crippen molar-refractivity contribution in [2.45, 2.75) is 95.3 Å². The molecule has 0 spiro atoms. The Morgan fingerprint density at radius 3 is 1.61 bits per heavy atom. The molecular weight excluding hydrogens is 451 g/mol. The third kappa shape index (κ3) is 4.52. The van der Waals surface area contributed by atoms with Gasteiger partial charge in [-0.2, -0.15) is 0 Å². The van der Waals surface area contributed by atoms with Crippen molar-refractivity contribution in [2.75, 3.05) is 0 Å². The molecule has 0 aliphatic heterocycles. The molecule has 0 bridgehead atoms. The van der Waals surface area contributed by atoms with Crippen molar-refractivity contribution < 1.29 is 0 Å². The maximum Gasteiger partial charge on any atom is -0.00191 e. The molecule has 0 heterocycles. The van der Waals surface area contributed by atoms with Crippen LogP contribution in [0.2, 0.25) is 0 Å². The molecule has 0 aromatic heterocycles. The molecule has 0 unspecified atom stereocenters. The minimum Gasteiger partial charge on any atom is -0.0683 e. The Morgan fingerprint density at radius 1 is 0.556 bits per heavy atom. The third-order valence-corrected chi connectivity index (χ3v) is 12.5. The van der Waals surface area contributed by atoms with E-state index in [1.54, 1.807) is 10.9 Å². The number of fused-ring (bicyclic) bond motifs is 2. The molecule has 1 heteroatoms. The van der Waals surface area contributed by atoms with E-state index in [9.17, 15) is 0 Å². The Morgan fingerprint density at radius 2 is 1.06 bits per heavy atom. The topological polar surface area (TPSA) is 0 Å². The molecule has 0 radical (unpaired) electrons. The van der Waals surface area contributed by atoms with Gasteiger partial charge in [-0.05, 0) is 86.5 Å². The molecule has 36 heavy (non-hydrogen) atoms. The molecule has 2 fully saturated rings. The summed E-state index contributed by atoms with van der Waals surface area (Å²) < 4.78 is 0. The summed E-state index contributed by atoms with van der Waals surface area (Å²) in [4.78, 5) is 0. The highest BCUT2D eigenvalue weighted by Crippen LogP contribution is 2.57. The van der Waals surface area contributed by atoms with Crippen LogP contribution in [0.1, 0.15) is 89.5 Å². The van der Waals surface area contributed by atoms with Gasteiger partial charge in [-0.15, -0.1) is 0 Å². The summed E-state index contributed by atoms with van der Waals surface area (Å²) in [5.74, 6) is 0.493. The Bertz CT molecular complexity index is 1320. The lowest BCUT2D eigenvalue weighted by molar-refractivity contribution is 0.487. The minimum atomic E-state index is -0.197. The van der Waals surface area contributed by atoms with E-state index in [0.717, 1.165) is 11.3 Å². The van der Waals surface area contributed by atoms with E-state index in [-0.39, 0.29) is 7.92 Å². The molecule has 4 aromatic rings. The fraction of sp³-hybridized carbons (Fsp3) is 0.429. The van der Waals surface area contributed by atoms with Crippen LogP contribution in [0.3, 0.4) is 0 Å². The summed E-state index contributed by atoms with van der Waals surface area (Å²) in [6, 6.07) is 28.2. The molecule has 186 valence electrons. The second kappa shape index (κ2) is 10.7. The van der Waals surface area contributed by atoms with Gasteiger partial charge in [0.1, 0.15) is 0 Å². The van der Waals surface area contributed by atoms with Crippen molar-refractivity contribution in [2.24, 2.45) is 0 Å². The smallest absolute Gasteiger partial charge is 0.00191 e. The van der Waals surface area contributed by atoms with Crippen molar-refractivity contribution in [1.82, 2.24) is 0 Å². The van der Waals surface area contributed by atoms with Gasteiger partial charge in [-0.3, -0.25) is 0 Å². The first-order valence-corrected chi connectivity index (χ1v) is 16.0. The van der Waals surface area contributed by atoms with Gasteiger partial charge in [-0.1, -0.05) is 133 Å². The molecule has 6 rings (SSSR count). The van der Waals surface area contributed by atoms with E-state index in [1.807, 2.05) is 0 Å². The van der Waals surface area contributed by atoms with Crippen molar-refractivity contribution in [1.29, 1.82) is 0 Å². The second-order valence-electron chi connectivity index (χ2n) is 11.6. The molecule has 0 amide bonds. The van der Waals surface area contributed by atoms with Crippen molar-refractivity contribution in [3.63, 3.8) is 0 Å². The maximum absolute atomic E-state index is 2.60. The predicted octanol–water partition coefficient (Wildman–Crippen LogP) is 10.6. The summed E-state index contributed by atoms with van der Waals surface area (Å²) in [6.07, 6.45) is 14.4. The van der Waals surface area contributed by atoms with E-state index in [2.05, 4.69) is 86.6 Å². The lowest BCUT2D eigenvalue weighted by atomic mass is 9.86. The van der Waals surface area contributed by atoms with Crippen LogP contribution in [0.15, 0.2) is 72.8 Å². The molecule has 2 aliphatic rings. The van der Waals surface area contributed by atoms with Crippen LogP contribution in [0.5, 0.6) is 0 Å². The SMILES string of the molecule is CC(C)c1ccc2ccccc2c1-c1c(P(C2CCCCC2)C2CCCCC2)ccc2ccccc12. The summed E-state index contributed by atoms with van der Waals surface area (Å²) in [5, 5.41) is 7.38. The first kappa shape index (κ1) is 24.2. The summed E-state index contributed by atoms with van der Waals surface area (Å²) in [6.45, 7) is 4.76. The van der Waals surface area contributed by atoms with Gasteiger partial charge in [0.25, 0.3) is 0 Å². The van der Waals surface area contributed by atoms with Crippen LogP contribution in [0.25, 0.3) is 32.7 Å². The van der Waals surface area contributed by atoms with Gasteiger partial charge >= 0.3 is 0 Å². The van der Waals surface area contributed by atoms with Gasteiger partial charge in [0.15, 0.2) is 0 Å². The van der Waals surface area contributed by atoms with Crippen LogP contribution in [-0.4, -0.2) is 11.3 Å². The molecule has 0 saturated heterocycles. The monoisotopic (exact) mass is 492 g/mol. The van der Waals surface area contributed by atoms with Crippen LogP contribution in [0.4, 0.5) is 0 Å². The van der Waals surface area contributed by atoms with Crippen LogP contribution >= 0.6 is 7.92 Å². The number of hydrogen-bond acceptors (Lipinski definition) is 0. The first-order chi connectivity index (χ1) is 17.7. The van der Waals surface area contributed by atoms with Gasteiger partial charge in [-0.25, -0.2) is 0 Å². The zero-order valence-corrected chi connectivity index (χ0v) is 23.1. The fourth-order valence-corrected chi connectivity index (χ4v) is 11.2. The first-order valence-electron chi connectivity index (χ1n) is 14.5. The average Bonchev–Trinajstić information content (AvgIpc) is 2.93. The normalized spacial score (nSPS) is 18.0. The molecule has 0 atom stereocenters. The Balaban J connectivity index is 1.67. The van der Waals surface area contributed by atoms with Gasteiger partial charge in [0.2, 0.25) is 0 Å². The fourth-order valence-electron chi connectivity index (χ4n) is 7.20. The van der Waals surface area contributed by atoms with E-state index < -0.39 is 0 Å². The lowest BCUT2D eigenvalue weighted by Crippen LogP contribution is -2.27. The zero-order chi connectivity index (χ0) is 24.5. The minimum absolute atomic E-state index is 0.197. The average molecular weight is 493 g/mol. The summed E-state index contributed by atoms with van der Waals surface area (Å²) in [7, 11) is -0.197. The Labute approximate surface area is 219 Å². The Kier molecular flexibility index (Phi) is 7.17. The highest BCUT2D eigenvalue weighted by molar-refractivity contribution is 7.67. The van der Waals surface area contributed by atoms with E-state index >= 15 is 0 Å². The van der Waals surface area contributed by atoms with Crippen LogP contribution in [0, 0.1) is 0 Å². The van der Waals surface area contributed by atoms with Crippen LogP contribution in [-0.2, 0) is 0 Å². The molecular formula is C35H41P. The van der Waals surface area contributed by atoms with E-state index in [4.69, 9.17) is 0 Å². The number of rotatable bonds is 5. The van der Waals surface area contributed by atoms with Crippen molar-refractivity contribution in [3.8, 4) is 11.1 Å². The van der Waals surface area contributed by atoms with Gasteiger partial charge < -0.3 is 0 Å². The maximum atomic E-state index is 2.60. The summed E-state index contributed by atoms with van der Waals surface area (Å²) >= 11 is 0. The molecule has 2 saturated carbocycles. The molecule has 0 nitrogen and oxygen atoms in total. The molecule has 4 aromatic carbocycles. The molecule has 0 N–H and O–H groups in total. The highest BCUT2D eigenvalue weighted by Gasteiger charge is 2.34. The second-order valence-corrected chi connectivity index (χ2v) is 14.3. The van der Waals surface area contributed by atoms with Crippen LogP contribution < -0.4 is 5.30 Å². The van der Waals surface area contributed by atoms with E-state index in [1.165, 1.54) is 96.9 Å². The lowest BCUT2D eigenvalue weighted by Gasteiger charge is -2.40. The molecule has 2 aliphatic carbocycles. The standard InChI is InChI=1S/C35H41P/c1-25(2)30-23-21-26-13-9-11-19-31(26)34(30)35-32-20-12-10-14-27(32)22-24-33(35)36(28-15-5-3-6-16-28)29-17-7-4-8-18-29/h9-14,19-25,28-29H,3-8,15-18H2,1-2H3.